The summed E-state index contributed by atoms with van der Waals surface area (Å²) in [5.74, 6) is -0.631. The Hall–Kier alpha value is -1.56. The second-order valence-corrected chi connectivity index (χ2v) is 7.34. The zero-order valence-corrected chi connectivity index (χ0v) is 13.6. The minimum absolute atomic E-state index is 0.00807. The van der Waals surface area contributed by atoms with Gasteiger partial charge < -0.3 is 15.3 Å². The van der Waals surface area contributed by atoms with Crippen molar-refractivity contribution >= 4 is 23.3 Å². The number of aliphatic carboxylic acids is 1. The van der Waals surface area contributed by atoms with Crippen LogP contribution in [0.4, 0.5) is 4.79 Å². The van der Waals surface area contributed by atoms with E-state index in [4.69, 9.17) is 0 Å². The molecule has 2 aliphatic rings. The maximum Gasteiger partial charge on any atom is 0.317 e. The third-order valence-corrected chi connectivity index (χ3v) is 6.16. The molecule has 6 heteroatoms. The van der Waals surface area contributed by atoms with E-state index in [0.29, 0.717) is 19.5 Å². The first-order valence-electron chi connectivity index (χ1n) is 7.89. The fourth-order valence-corrected chi connectivity index (χ4v) is 4.76. The third-order valence-electron chi connectivity index (χ3n) is 5.18. The molecule has 120 valence electrons. The van der Waals surface area contributed by atoms with E-state index in [-0.39, 0.29) is 18.0 Å². The average molecular weight is 322 g/mol. The summed E-state index contributed by atoms with van der Waals surface area (Å²) in [5.41, 5.74) is -0.706. The number of likely N-dealkylation sites (tertiary alicyclic amines) is 1. The maximum atomic E-state index is 12.5. The largest absolute Gasteiger partial charge is 0.481 e. The van der Waals surface area contributed by atoms with Crippen molar-refractivity contribution in [2.45, 2.75) is 38.6 Å². The number of carboxylic acid groups (broad SMARTS) is 1. The standard InChI is InChI=1S/C16H22N2O3S/c1-2-12(13-6-4-8-22-13)17-15(21)18-9-11-5-3-7-16(11,10-18)14(19)20/h4,6,8,11-12H,2-3,5,7,9-10H2,1H3,(H,17,21)(H,19,20)/t11-,12?,16+/m0/s1. The monoisotopic (exact) mass is 322 g/mol. The van der Waals surface area contributed by atoms with Crippen molar-refractivity contribution in [2.24, 2.45) is 11.3 Å². The minimum atomic E-state index is -0.740. The minimum Gasteiger partial charge on any atom is -0.481 e. The van der Waals surface area contributed by atoms with Crippen LogP contribution in [0.15, 0.2) is 17.5 Å². The Bertz CT molecular complexity index is 560. The SMILES string of the molecule is CCC(NC(=O)N1C[C@@H]2CCC[C@@]2(C(=O)O)C1)c1cccs1. The lowest BCUT2D eigenvalue weighted by molar-refractivity contribution is -0.149. The quantitative estimate of drug-likeness (QED) is 0.895. The lowest BCUT2D eigenvalue weighted by Crippen LogP contribution is -2.42. The van der Waals surface area contributed by atoms with Crippen molar-refractivity contribution in [3.8, 4) is 0 Å². The van der Waals surface area contributed by atoms with Crippen molar-refractivity contribution in [2.75, 3.05) is 13.1 Å². The van der Waals surface area contributed by atoms with E-state index < -0.39 is 11.4 Å². The van der Waals surface area contributed by atoms with Crippen LogP contribution in [0.1, 0.15) is 43.5 Å². The van der Waals surface area contributed by atoms with E-state index in [1.807, 2.05) is 24.4 Å². The summed E-state index contributed by atoms with van der Waals surface area (Å²) in [6.45, 7) is 2.96. The van der Waals surface area contributed by atoms with Crippen molar-refractivity contribution in [3.05, 3.63) is 22.4 Å². The zero-order chi connectivity index (χ0) is 15.7. The molecule has 22 heavy (non-hydrogen) atoms. The highest BCUT2D eigenvalue weighted by molar-refractivity contribution is 7.10. The summed E-state index contributed by atoms with van der Waals surface area (Å²) >= 11 is 1.63. The van der Waals surface area contributed by atoms with E-state index in [1.54, 1.807) is 16.2 Å². The molecule has 5 nitrogen and oxygen atoms in total. The number of carbonyl (C=O) groups is 2. The molecular formula is C16H22N2O3S. The van der Waals surface area contributed by atoms with Gasteiger partial charge in [-0.25, -0.2) is 4.79 Å². The number of carbonyl (C=O) groups excluding carboxylic acids is 1. The Morgan fingerprint density at radius 1 is 1.59 bits per heavy atom. The molecule has 1 saturated carbocycles. The number of rotatable bonds is 4. The smallest absolute Gasteiger partial charge is 0.317 e. The van der Waals surface area contributed by atoms with Crippen LogP contribution in [0.3, 0.4) is 0 Å². The van der Waals surface area contributed by atoms with Gasteiger partial charge in [-0.1, -0.05) is 19.4 Å². The van der Waals surface area contributed by atoms with Gasteiger partial charge in [0.2, 0.25) is 0 Å². The first-order valence-corrected chi connectivity index (χ1v) is 8.77. The Morgan fingerprint density at radius 2 is 2.41 bits per heavy atom. The van der Waals surface area contributed by atoms with E-state index in [9.17, 15) is 14.7 Å². The van der Waals surface area contributed by atoms with Gasteiger partial charge in [0.05, 0.1) is 11.5 Å². The molecule has 2 heterocycles. The highest BCUT2D eigenvalue weighted by Crippen LogP contribution is 2.48. The van der Waals surface area contributed by atoms with Crippen molar-refractivity contribution in [3.63, 3.8) is 0 Å². The number of nitrogens with one attached hydrogen (secondary N) is 1. The third kappa shape index (κ3) is 2.49. The molecule has 1 aliphatic heterocycles. The van der Waals surface area contributed by atoms with E-state index in [2.05, 4.69) is 5.32 Å². The molecule has 2 amide bonds. The number of fused-ring (bicyclic) bond motifs is 1. The summed E-state index contributed by atoms with van der Waals surface area (Å²) < 4.78 is 0. The lowest BCUT2D eigenvalue weighted by atomic mass is 9.81. The van der Waals surface area contributed by atoms with Gasteiger partial charge in [0, 0.05) is 18.0 Å². The van der Waals surface area contributed by atoms with Gasteiger partial charge >= 0.3 is 12.0 Å². The molecule has 0 radical (unpaired) electrons. The molecule has 1 unspecified atom stereocenters. The van der Waals surface area contributed by atoms with Crippen LogP contribution in [-0.4, -0.2) is 35.1 Å². The van der Waals surface area contributed by atoms with Gasteiger partial charge in [-0.05, 0) is 36.6 Å². The average Bonchev–Trinajstić information content (AvgIpc) is 3.18. The van der Waals surface area contributed by atoms with Crippen LogP contribution in [0.2, 0.25) is 0 Å². The number of hydrogen-bond acceptors (Lipinski definition) is 3. The number of thiophene rings is 1. The van der Waals surface area contributed by atoms with Crippen molar-refractivity contribution in [1.82, 2.24) is 10.2 Å². The van der Waals surface area contributed by atoms with E-state index >= 15 is 0 Å². The molecule has 2 N–H and O–H groups in total. The van der Waals surface area contributed by atoms with E-state index in [0.717, 1.165) is 24.1 Å². The summed E-state index contributed by atoms with van der Waals surface area (Å²) in [6.07, 6.45) is 3.39. The Kier molecular flexibility index (Phi) is 4.12. The van der Waals surface area contributed by atoms with Gasteiger partial charge in [0.25, 0.3) is 0 Å². The zero-order valence-electron chi connectivity index (χ0n) is 12.7. The first-order chi connectivity index (χ1) is 10.6. The molecule has 1 aromatic rings. The van der Waals surface area contributed by atoms with Gasteiger partial charge in [0.15, 0.2) is 0 Å². The van der Waals surface area contributed by atoms with Crippen molar-refractivity contribution < 1.29 is 14.7 Å². The molecule has 0 aromatic carbocycles. The second kappa shape index (κ2) is 5.91. The van der Waals surface area contributed by atoms with Crippen LogP contribution >= 0.6 is 11.3 Å². The van der Waals surface area contributed by atoms with Crippen LogP contribution in [0.5, 0.6) is 0 Å². The Morgan fingerprint density at radius 3 is 3.00 bits per heavy atom. The second-order valence-electron chi connectivity index (χ2n) is 6.36. The van der Waals surface area contributed by atoms with Crippen molar-refractivity contribution in [1.29, 1.82) is 0 Å². The molecule has 2 fully saturated rings. The highest BCUT2D eigenvalue weighted by Gasteiger charge is 2.55. The maximum absolute atomic E-state index is 12.5. The summed E-state index contributed by atoms with van der Waals surface area (Å²) in [7, 11) is 0. The topological polar surface area (TPSA) is 69.6 Å². The van der Waals surface area contributed by atoms with Gasteiger partial charge in [-0.3, -0.25) is 4.79 Å². The van der Waals surface area contributed by atoms with Gasteiger partial charge in [-0.2, -0.15) is 0 Å². The van der Waals surface area contributed by atoms with Crippen LogP contribution in [0.25, 0.3) is 0 Å². The fourth-order valence-electron chi connectivity index (χ4n) is 3.90. The summed E-state index contributed by atoms with van der Waals surface area (Å²) in [4.78, 5) is 27.1. The Labute approximate surface area is 134 Å². The lowest BCUT2D eigenvalue weighted by Gasteiger charge is -2.25. The van der Waals surface area contributed by atoms with Crippen LogP contribution in [-0.2, 0) is 4.79 Å². The number of hydrogen-bond donors (Lipinski definition) is 2. The number of carboxylic acids is 1. The molecule has 0 spiro atoms. The number of amides is 2. The molecule has 1 aliphatic carbocycles. The van der Waals surface area contributed by atoms with Gasteiger partial charge in [0.1, 0.15) is 0 Å². The molecular weight excluding hydrogens is 300 g/mol. The number of nitrogens with zero attached hydrogens (tertiary/aromatic N) is 1. The first kappa shape index (κ1) is 15.3. The fraction of sp³-hybridized carbons (Fsp3) is 0.625. The molecule has 1 saturated heterocycles. The Balaban J connectivity index is 1.68. The van der Waals surface area contributed by atoms with Crippen LogP contribution < -0.4 is 5.32 Å². The predicted octanol–water partition coefficient (Wildman–Crippen LogP) is 3.10. The molecule has 3 atom stereocenters. The predicted molar refractivity (Wildman–Crippen MR) is 84.9 cm³/mol. The number of urea groups is 1. The molecule has 0 bridgehead atoms. The summed E-state index contributed by atoms with van der Waals surface area (Å²) in [5, 5.41) is 14.7. The molecule has 1 aromatic heterocycles. The summed E-state index contributed by atoms with van der Waals surface area (Å²) in [6, 6.07) is 3.88. The molecule has 3 rings (SSSR count). The van der Waals surface area contributed by atoms with Gasteiger partial charge in [-0.15, -0.1) is 11.3 Å². The van der Waals surface area contributed by atoms with Crippen LogP contribution in [0, 0.1) is 11.3 Å². The normalized spacial score (nSPS) is 28.4. The van der Waals surface area contributed by atoms with E-state index in [1.165, 1.54) is 0 Å². The highest BCUT2D eigenvalue weighted by atomic mass is 32.1.